The third-order valence-corrected chi connectivity index (χ3v) is 3.83. The molecule has 6 nitrogen and oxygen atoms in total. The fourth-order valence-corrected chi connectivity index (χ4v) is 2.46. The summed E-state index contributed by atoms with van der Waals surface area (Å²) in [7, 11) is 0. The van der Waals surface area contributed by atoms with Crippen LogP contribution in [0.4, 0.5) is 0 Å². The van der Waals surface area contributed by atoms with E-state index in [2.05, 4.69) is 15.4 Å². The minimum absolute atomic E-state index is 0.104. The Hall–Kier alpha value is -1.40. The monoisotopic (exact) mass is 265 g/mol. The van der Waals surface area contributed by atoms with Crippen molar-refractivity contribution < 1.29 is 14.4 Å². The summed E-state index contributed by atoms with van der Waals surface area (Å²) in [6, 6.07) is 0. The van der Waals surface area contributed by atoms with Gasteiger partial charge in [-0.3, -0.25) is 9.63 Å². The Bertz CT molecular complexity index is 417. The molecule has 3 rings (SSSR count). The molecular formula is C13H19N3O3. The lowest BCUT2D eigenvalue weighted by atomic mass is 9.93. The van der Waals surface area contributed by atoms with Crippen LogP contribution in [0.5, 0.6) is 0 Å². The highest BCUT2D eigenvalue weighted by Crippen LogP contribution is 2.32. The number of rotatable bonds is 4. The van der Waals surface area contributed by atoms with Crippen molar-refractivity contribution >= 4 is 5.91 Å². The number of H-pyrrole nitrogens is 1. The number of hydrogen-bond acceptors (Lipinski definition) is 4. The Labute approximate surface area is 111 Å². The third kappa shape index (κ3) is 2.79. The maximum atomic E-state index is 12.2. The molecule has 19 heavy (non-hydrogen) atoms. The summed E-state index contributed by atoms with van der Waals surface area (Å²) in [5, 5.41) is 0. The standard InChI is InChI=1S/C13H19N3O3/c17-13(16-19-9-3-1-4-9)10-5-2-8-18-11(10)12-14-6-7-15-12/h6-7,9-11H,1-5,8H2,(H,14,15)(H,16,17)/t10-,11-/m1/s1. The first kappa shape index (κ1) is 12.6. The average molecular weight is 265 g/mol. The quantitative estimate of drug-likeness (QED) is 0.808. The second-order valence-corrected chi connectivity index (χ2v) is 5.15. The van der Waals surface area contributed by atoms with Crippen LogP contribution < -0.4 is 5.48 Å². The number of nitrogens with one attached hydrogen (secondary N) is 2. The third-order valence-electron chi connectivity index (χ3n) is 3.83. The van der Waals surface area contributed by atoms with Crippen molar-refractivity contribution in [1.29, 1.82) is 0 Å². The zero-order chi connectivity index (χ0) is 13.1. The van der Waals surface area contributed by atoms with E-state index < -0.39 is 0 Å². The Morgan fingerprint density at radius 1 is 1.42 bits per heavy atom. The summed E-state index contributed by atoms with van der Waals surface area (Å²) in [4.78, 5) is 24.8. The number of hydroxylamine groups is 1. The molecule has 1 aliphatic carbocycles. The molecule has 2 heterocycles. The van der Waals surface area contributed by atoms with Gasteiger partial charge in [0, 0.05) is 19.0 Å². The Kier molecular flexibility index (Phi) is 3.79. The number of amides is 1. The number of hydrogen-bond donors (Lipinski definition) is 2. The highest BCUT2D eigenvalue weighted by atomic mass is 16.7. The van der Waals surface area contributed by atoms with Crippen molar-refractivity contribution in [1.82, 2.24) is 15.4 Å². The molecule has 0 bridgehead atoms. The molecule has 1 aromatic rings. The lowest BCUT2D eigenvalue weighted by Crippen LogP contribution is -2.41. The summed E-state index contributed by atoms with van der Waals surface area (Å²) in [6.07, 6.45) is 8.24. The molecule has 1 aromatic heterocycles. The summed E-state index contributed by atoms with van der Waals surface area (Å²) < 4.78 is 5.69. The van der Waals surface area contributed by atoms with E-state index in [1.54, 1.807) is 12.4 Å². The Morgan fingerprint density at radius 3 is 3.00 bits per heavy atom. The fourth-order valence-electron chi connectivity index (χ4n) is 2.46. The van der Waals surface area contributed by atoms with E-state index in [0.717, 1.165) is 25.7 Å². The molecule has 1 aliphatic heterocycles. The van der Waals surface area contributed by atoms with Crippen LogP contribution in [0.25, 0.3) is 0 Å². The number of carbonyl (C=O) groups is 1. The second-order valence-electron chi connectivity index (χ2n) is 5.15. The molecule has 2 N–H and O–H groups in total. The summed E-state index contributed by atoms with van der Waals surface area (Å²) in [6.45, 7) is 0.665. The van der Waals surface area contributed by atoms with Crippen LogP contribution in [0, 0.1) is 5.92 Å². The van der Waals surface area contributed by atoms with E-state index in [1.165, 1.54) is 6.42 Å². The first-order valence-electron chi connectivity index (χ1n) is 6.91. The van der Waals surface area contributed by atoms with Crippen LogP contribution in [-0.2, 0) is 14.4 Å². The van der Waals surface area contributed by atoms with Crippen molar-refractivity contribution in [2.24, 2.45) is 5.92 Å². The van der Waals surface area contributed by atoms with E-state index in [4.69, 9.17) is 9.57 Å². The predicted octanol–water partition coefficient (Wildman–Crippen LogP) is 1.48. The molecule has 1 amide bonds. The largest absolute Gasteiger partial charge is 0.369 e. The van der Waals surface area contributed by atoms with Crippen LogP contribution in [0.3, 0.4) is 0 Å². The van der Waals surface area contributed by atoms with Gasteiger partial charge < -0.3 is 9.72 Å². The lowest BCUT2D eigenvalue weighted by Gasteiger charge is -2.31. The highest BCUT2D eigenvalue weighted by molar-refractivity contribution is 5.78. The number of imidazole rings is 1. The number of ether oxygens (including phenoxy) is 1. The SMILES string of the molecule is O=C(NOC1CCC1)[C@@H]1CCCO[C@H]1c1ncc[nH]1. The number of carbonyl (C=O) groups excluding carboxylic acids is 1. The first-order valence-corrected chi connectivity index (χ1v) is 6.91. The summed E-state index contributed by atoms with van der Waals surface area (Å²) in [5.74, 6) is 0.372. The van der Waals surface area contributed by atoms with Gasteiger partial charge in [-0.25, -0.2) is 10.5 Å². The fraction of sp³-hybridized carbons (Fsp3) is 0.692. The number of aromatic nitrogens is 2. The van der Waals surface area contributed by atoms with Crippen LogP contribution >= 0.6 is 0 Å². The molecule has 104 valence electrons. The predicted molar refractivity (Wildman–Crippen MR) is 66.9 cm³/mol. The van der Waals surface area contributed by atoms with E-state index in [1.807, 2.05) is 0 Å². The van der Waals surface area contributed by atoms with E-state index in [9.17, 15) is 4.79 Å². The van der Waals surface area contributed by atoms with Gasteiger partial charge in [-0.2, -0.15) is 0 Å². The normalized spacial score (nSPS) is 27.8. The molecule has 2 aliphatic rings. The summed E-state index contributed by atoms with van der Waals surface area (Å²) >= 11 is 0. The highest BCUT2D eigenvalue weighted by Gasteiger charge is 2.35. The minimum Gasteiger partial charge on any atom is -0.369 e. The van der Waals surface area contributed by atoms with Gasteiger partial charge in [-0.05, 0) is 32.1 Å². The maximum Gasteiger partial charge on any atom is 0.249 e. The van der Waals surface area contributed by atoms with Gasteiger partial charge in [0.1, 0.15) is 11.9 Å². The van der Waals surface area contributed by atoms with Crippen molar-refractivity contribution in [2.75, 3.05) is 6.61 Å². The number of aromatic amines is 1. The van der Waals surface area contributed by atoms with Crippen molar-refractivity contribution in [3.05, 3.63) is 18.2 Å². The number of nitrogens with zero attached hydrogens (tertiary/aromatic N) is 1. The molecule has 1 saturated carbocycles. The van der Waals surface area contributed by atoms with Crippen molar-refractivity contribution in [2.45, 2.75) is 44.3 Å². The summed E-state index contributed by atoms with van der Waals surface area (Å²) in [5.41, 5.74) is 2.59. The topological polar surface area (TPSA) is 76.2 Å². The Morgan fingerprint density at radius 2 is 2.32 bits per heavy atom. The molecule has 2 fully saturated rings. The zero-order valence-electron chi connectivity index (χ0n) is 10.8. The van der Waals surface area contributed by atoms with Crippen LogP contribution in [0.1, 0.15) is 44.0 Å². The smallest absolute Gasteiger partial charge is 0.249 e. The van der Waals surface area contributed by atoms with Crippen LogP contribution in [0.2, 0.25) is 0 Å². The molecular weight excluding hydrogens is 246 g/mol. The van der Waals surface area contributed by atoms with E-state index in [0.29, 0.717) is 12.4 Å². The molecule has 0 spiro atoms. The maximum absolute atomic E-state index is 12.2. The van der Waals surface area contributed by atoms with Gasteiger partial charge in [0.25, 0.3) is 0 Å². The van der Waals surface area contributed by atoms with Gasteiger partial charge in [0.15, 0.2) is 0 Å². The van der Waals surface area contributed by atoms with Gasteiger partial charge >= 0.3 is 0 Å². The van der Waals surface area contributed by atoms with Crippen molar-refractivity contribution in [3.8, 4) is 0 Å². The zero-order valence-corrected chi connectivity index (χ0v) is 10.8. The second kappa shape index (κ2) is 5.71. The Balaban J connectivity index is 1.60. The average Bonchev–Trinajstić information content (AvgIpc) is 2.90. The molecule has 1 saturated heterocycles. The van der Waals surface area contributed by atoms with E-state index >= 15 is 0 Å². The van der Waals surface area contributed by atoms with Gasteiger partial charge in [0.2, 0.25) is 5.91 Å². The first-order chi connectivity index (χ1) is 9.34. The molecule has 0 radical (unpaired) electrons. The lowest BCUT2D eigenvalue weighted by molar-refractivity contribution is -0.156. The van der Waals surface area contributed by atoms with Crippen LogP contribution in [0.15, 0.2) is 12.4 Å². The van der Waals surface area contributed by atoms with Gasteiger partial charge in [-0.15, -0.1) is 0 Å². The molecule has 0 aromatic carbocycles. The van der Waals surface area contributed by atoms with E-state index in [-0.39, 0.29) is 24.0 Å². The molecule has 0 unspecified atom stereocenters. The molecule has 6 heteroatoms. The molecule has 2 atom stereocenters. The van der Waals surface area contributed by atoms with Gasteiger partial charge in [-0.1, -0.05) is 0 Å². The van der Waals surface area contributed by atoms with Gasteiger partial charge in [0.05, 0.1) is 12.0 Å². The van der Waals surface area contributed by atoms with Crippen molar-refractivity contribution in [3.63, 3.8) is 0 Å². The van der Waals surface area contributed by atoms with Crippen LogP contribution in [-0.4, -0.2) is 28.6 Å². The minimum atomic E-state index is -0.297.